The van der Waals surface area contributed by atoms with Crippen molar-refractivity contribution in [3.63, 3.8) is 0 Å². The number of amidine groups is 2. The van der Waals surface area contributed by atoms with E-state index in [-0.39, 0.29) is 12.1 Å². The summed E-state index contributed by atoms with van der Waals surface area (Å²) in [4.78, 5) is 33.9. The molecular formula is C30H38N8O2. The normalized spacial score (nSPS) is 11.4. The number of hydrogen-bond acceptors (Lipinski definition) is 4. The van der Waals surface area contributed by atoms with Gasteiger partial charge in [-0.25, -0.2) is 9.59 Å². The van der Waals surface area contributed by atoms with E-state index in [2.05, 4.69) is 41.9 Å². The molecule has 4 amide bonds. The third kappa shape index (κ3) is 9.16. The molecule has 0 aromatic heterocycles. The lowest BCUT2D eigenvalue weighted by Crippen LogP contribution is -2.24. The third-order valence-corrected chi connectivity index (χ3v) is 5.55. The Bertz CT molecular complexity index is 1200. The second kappa shape index (κ2) is 15.5. The molecule has 0 fully saturated rings. The number of anilines is 4. The largest absolute Gasteiger partial charge is 0.370 e. The first-order chi connectivity index (χ1) is 19.4. The van der Waals surface area contributed by atoms with E-state index in [0.29, 0.717) is 35.8 Å². The number of carbonyl (C=O) groups excluding carboxylic acids is 2. The summed E-state index contributed by atoms with van der Waals surface area (Å²) < 4.78 is 0. The van der Waals surface area contributed by atoms with Crippen molar-refractivity contribution in [3.8, 4) is 0 Å². The molecule has 0 bridgehead atoms. The van der Waals surface area contributed by atoms with Gasteiger partial charge in [-0.05, 0) is 100 Å². The summed E-state index contributed by atoms with van der Waals surface area (Å²) in [5.74, 6) is 1.66. The fourth-order valence-electron chi connectivity index (χ4n) is 3.80. The smallest absolute Gasteiger partial charge is 0.323 e. The number of benzene rings is 3. The first kappa shape index (κ1) is 29.7. The molecule has 210 valence electrons. The van der Waals surface area contributed by atoms with Crippen molar-refractivity contribution in [2.45, 2.75) is 27.7 Å². The van der Waals surface area contributed by atoms with Gasteiger partial charge in [0.25, 0.3) is 0 Å². The van der Waals surface area contributed by atoms with Crippen LogP contribution in [0.15, 0.2) is 82.8 Å². The molecule has 0 atom stereocenters. The summed E-state index contributed by atoms with van der Waals surface area (Å²) in [6, 6.07) is 21.1. The molecule has 0 heterocycles. The Balaban J connectivity index is 1.50. The van der Waals surface area contributed by atoms with Crippen molar-refractivity contribution in [2.75, 3.05) is 47.4 Å². The van der Waals surface area contributed by atoms with Crippen LogP contribution in [0.5, 0.6) is 0 Å². The molecule has 0 aliphatic rings. The minimum Gasteiger partial charge on any atom is -0.370 e. The van der Waals surface area contributed by atoms with E-state index in [1.807, 2.05) is 76.2 Å². The number of carbonyl (C=O) groups is 2. The zero-order valence-corrected chi connectivity index (χ0v) is 23.5. The monoisotopic (exact) mass is 542 g/mol. The fourth-order valence-corrected chi connectivity index (χ4v) is 3.80. The molecule has 3 aromatic carbocycles. The average molecular weight is 543 g/mol. The molecule has 0 aliphatic heterocycles. The van der Waals surface area contributed by atoms with Crippen LogP contribution in [0, 0.1) is 0 Å². The summed E-state index contributed by atoms with van der Waals surface area (Å²) in [7, 11) is 0. The highest BCUT2D eigenvalue weighted by Crippen LogP contribution is 2.16. The van der Waals surface area contributed by atoms with Crippen molar-refractivity contribution in [2.24, 2.45) is 9.98 Å². The molecule has 0 radical (unpaired) electrons. The van der Waals surface area contributed by atoms with Gasteiger partial charge >= 0.3 is 12.1 Å². The predicted octanol–water partition coefficient (Wildman–Crippen LogP) is 5.73. The molecule has 0 aliphatic carbocycles. The van der Waals surface area contributed by atoms with Crippen molar-refractivity contribution in [3.05, 3.63) is 83.9 Å². The Morgan fingerprint density at radius 1 is 0.500 bits per heavy atom. The van der Waals surface area contributed by atoms with E-state index in [0.717, 1.165) is 35.9 Å². The fraction of sp³-hybridized carbons (Fsp3) is 0.267. The topological polar surface area (TPSA) is 131 Å². The van der Waals surface area contributed by atoms with Crippen LogP contribution < -0.4 is 31.9 Å². The summed E-state index contributed by atoms with van der Waals surface area (Å²) >= 11 is 0. The number of amides is 4. The lowest BCUT2D eigenvalue weighted by molar-refractivity contribution is 0.261. The van der Waals surface area contributed by atoms with Gasteiger partial charge in [-0.1, -0.05) is 0 Å². The first-order valence-electron chi connectivity index (χ1n) is 13.5. The van der Waals surface area contributed by atoms with Gasteiger partial charge in [0.05, 0.1) is 0 Å². The number of urea groups is 2. The van der Waals surface area contributed by atoms with Crippen LogP contribution in [0.2, 0.25) is 0 Å². The van der Waals surface area contributed by atoms with Gasteiger partial charge in [-0.3, -0.25) is 9.98 Å². The molecule has 3 aromatic rings. The SMILES string of the molecule is CCN=C(NCC)c1ccc(NC(=O)Nc2ccc(NC(=O)Nc3ccc(C(=NCC)NCC)cc3)cc2)cc1. The van der Waals surface area contributed by atoms with Gasteiger partial charge in [0, 0.05) is 60.1 Å². The van der Waals surface area contributed by atoms with Crippen LogP contribution >= 0.6 is 0 Å². The number of hydrogen-bond donors (Lipinski definition) is 6. The first-order valence-corrected chi connectivity index (χ1v) is 13.5. The van der Waals surface area contributed by atoms with Crippen LogP contribution in [0.25, 0.3) is 0 Å². The summed E-state index contributed by atoms with van der Waals surface area (Å²) in [6.45, 7) is 10.9. The Hall–Kier alpha value is -4.86. The zero-order chi connectivity index (χ0) is 28.7. The van der Waals surface area contributed by atoms with Crippen LogP contribution in [0.1, 0.15) is 38.8 Å². The maximum atomic E-state index is 12.5. The van der Waals surface area contributed by atoms with Gasteiger partial charge < -0.3 is 31.9 Å². The Kier molecular flexibility index (Phi) is 11.5. The molecule has 10 heteroatoms. The minimum absolute atomic E-state index is 0.370. The molecule has 6 N–H and O–H groups in total. The maximum absolute atomic E-state index is 12.5. The van der Waals surface area contributed by atoms with Crippen LogP contribution in [0.3, 0.4) is 0 Å². The van der Waals surface area contributed by atoms with E-state index in [9.17, 15) is 9.59 Å². The number of rotatable bonds is 10. The van der Waals surface area contributed by atoms with Crippen molar-refractivity contribution >= 4 is 46.5 Å². The summed E-state index contributed by atoms with van der Waals surface area (Å²) in [5.41, 5.74) is 4.41. The highest BCUT2D eigenvalue weighted by atomic mass is 16.2. The van der Waals surface area contributed by atoms with Crippen LogP contribution in [0.4, 0.5) is 32.3 Å². The van der Waals surface area contributed by atoms with Crippen molar-refractivity contribution in [1.29, 1.82) is 0 Å². The van der Waals surface area contributed by atoms with E-state index < -0.39 is 0 Å². The zero-order valence-electron chi connectivity index (χ0n) is 23.5. The molecule has 40 heavy (non-hydrogen) atoms. The number of aliphatic imine (C=N–C) groups is 2. The Morgan fingerprint density at radius 3 is 1.02 bits per heavy atom. The molecule has 10 nitrogen and oxygen atoms in total. The third-order valence-electron chi connectivity index (χ3n) is 5.55. The maximum Gasteiger partial charge on any atom is 0.323 e. The van der Waals surface area contributed by atoms with Gasteiger partial charge in [0.2, 0.25) is 0 Å². The minimum atomic E-state index is -0.370. The van der Waals surface area contributed by atoms with E-state index >= 15 is 0 Å². The van der Waals surface area contributed by atoms with Crippen LogP contribution in [-0.2, 0) is 0 Å². The van der Waals surface area contributed by atoms with E-state index in [1.165, 1.54) is 0 Å². The van der Waals surface area contributed by atoms with Gasteiger partial charge in [0.1, 0.15) is 11.7 Å². The molecule has 0 spiro atoms. The predicted molar refractivity (Wildman–Crippen MR) is 166 cm³/mol. The standard InChI is InChI=1S/C30H38N8O2/c1-5-31-27(32-6-2)21-9-13-23(14-10-21)35-29(39)37-25-17-19-26(20-18-25)38-30(40)36-24-15-11-22(12-16-24)28(33-7-3)34-8-4/h9-20H,5-8H2,1-4H3,(H,31,32)(H,33,34)(H2,35,37,39)(H2,36,38,40). The molecule has 0 unspecified atom stereocenters. The summed E-state index contributed by atoms with van der Waals surface area (Å²) in [5, 5.41) is 17.7. The van der Waals surface area contributed by atoms with Gasteiger partial charge in [-0.2, -0.15) is 0 Å². The van der Waals surface area contributed by atoms with Gasteiger partial charge in [0.15, 0.2) is 0 Å². The van der Waals surface area contributed by atoms with Crippen molar-refractivity contribution < 1.29 is 9.59 Å². The lowest BCUT2D eigenvalue weighted by atomic mass is 10.2. The van der Waals surface area contributed by atoms with E-state index in [4.69, 9.17) is 0 Å². The molecular weight excluding hydrogens is 504 g/mol. The summed E-state index contributed by atoms with van der Waals surface area (Å²) in [6.07, 6.45) is 0. The molecule has 0 saturated carbocycles. The second-order valence-corrected chi connectivity index (χ2v) is 8.60. The van der Waals surface area contributed by atoms with E-state index in [1.54, 1.807) is 24.3 Å². The van der Waals surface area contributed by atoms with Gasteiger partial charge in [-0.15, -0.1) is 0 Å². The Morgan fingerprint density at radius 2 is 0.775 bits per heavy atom. The van der Waals surface area contributed by atoms with Crippen LogP contribution in [-0.4, -0.2) is 49.9 Å². The average Bonchev–Trinajstić information content (AvgIpc) is 2.95. The highest BCUT2D eigenvalue weighted by molar-refractivity contribution is 6.03. The Labute approximate surface area is 235 Å². The van der Waals surface area contributed by atoms with Crippen molar-refractivity contribution in [1.82, 2.24) is 10.6 Å². The second-order valence-electron chi connectivity index (χ2n) is 8.60. The number of nitrogens with one attached hydrogen (secondary N) is 6. The quantitative estimate of drug-likeness (QED) is 0.144. The highest BCUT2D eigenvalue weighted by Gasteiger charge is 2.08. The lowest BCUT2D eigenvalue weighted by Gasteiger charge is -2.12. The molecule has 3 rings (SSSR count). The molecule has 0 saturated heterocycles. The number of nitrogens with zero attached hydrogens (tertiary/aromatic N) is 2.